The molecule has 0 N–H and O–H groups in total. The standard InChI is InChI=1S/C9H9NO4/c1-14-9(11)7-4-2-3-5-8(6-7)10(12)13/h2,4-6H,3H2,1H3. The molecule has 0 heterocycles. The Balaban J connectivity index is 2.99. The summed E-state index contributed by atoms with van der Waals surface area (Å²) >= 11 is 0. The van der Waals surface area contributed by atoms with Gasteiger partial charge in [0.2, 0.25) is 0 Å². The van der Waals surface area contributed by atoms with Crippen molar-refractivity contribution in [3.05, 3.63) is 45.7 Å². The van der Waals surface area contributed by atoms with E-state index in [2.05, 4.69) is 4.74 Å². The molecule has 0 aromatic rings. The van der Waals surface area contributed by atoms with Crippen molar-refractivity contribution >= 4 is 5.97 Å². The second-order valence-electron chi connectivity index (χ2n) is 2.62. The molecule has 0 saturated carbocycles. The van der Waals surface area contributed by atoms with Crippen LogP contribution in [0.1, 0.15) is 6.42 Å². The van der Waals surface area contributed by atoms with Gasteiger partial charge < -0.3 is 4.74 Å². The molecular weight excluding hydrogens is 186 g/mol. The van der Waals surface area contributed by atoms with Crippen LogP contribution in [0.3, 0.4) is 0 Å². The molecule has 0 aromatic carbocycles. The summed E-state index contributed by atoms with van der Waals surface area (Å²) in [7, 11) is 1.23. The van der Waals surface area contributed by atoms with Crippen molar-refractivity contribution in [2.24, 2.45) is 0 Å². The van der Waals surface area contributed by atoms with Gasteiger partial charge in [-0.2, -0.15) is 0 Å². The van der Waals surface area contributed by atoms with Crippen molar-refractivity contribution in [3.63, 3.8) is 0 Å². The average molecular weight is 195 g/mol. The van der Waals surface area contributed by atoms with E-state index in [9.17, 15) is 14.9 Å². The van der Waals surface area contributed by atoms with Gasteiger partial charge in [0.1, 0.15) is 0 Å². The fraction of sp³-hybridized carbons (Fsp3) is 0.222. The minimum Gasteiger partial charge on any atom is -0.465 e. The third-order valence-corrected chi connectivity index (χ3v) is 1.70. The second-order valence-corrected chi connectivity index (χ2v) is 2.62. The van der Waals surface area contributed by atoms with Crippen molar-refractivity contribution in [1.29, 1.82) is 0 Å². The van der Waals surface area contributed by atoms with Gasteiger partial charge in [-0.3, -0.25) is 10.1 Å². The predicted molar refractivity (Wildman–Crippen MR) is 48.9 cm³/mol. The predicted octanol–water partition coefficient (Wildman–Crippen LogP) is 1.21. The number of nitrogens with zero attached hydrogens (tertiary/aromatic N) is 1. The number of ether oxygens (including phenoxy) is 1. The molecule has 0 amide bonds. The number of allylic oxidation sites excluding steroid dienone is 3. The van der Waals surface area contributed by atoms with E-state index >= 15 is 0 Å². The molecule has 5 nitrogen and oxygen atoms in total. The van der Waals surface area contributed by atoms with E-state index in [4.69, 9.17) is 0 Å². The van der Waals surface area contributed by atoms with Crippen molar-refractivity contribution in [3.8, 4) is 0 Å². The summed E-state index contributed by atoms with van der Waals surface area (Å²) in [6, 6.07) is 0. The minimum absolute atomic E-state index is 0.0876. The van der Waals surface area contributed by atoms with Gasteiger partial charge >= 0.3 is 5.97 Å². The normalized spacial score (nSPS) is 15.2. The first-order valence-corrected chi connectivity index (χ1v) is 3.96. The molecule has 1 aliphatic rings. The Morgan fingerprint density at radius 2 is 2.36 bits per heavy atom. The highest BCUT2D eigenvalue weighted by molar-refractivity contribution is 5.92. The first-order valence-electron chi connectivity index (χ1n) is 3.96. The Morgan fingerprint density at radius 3 is 2.93 bits per heavy atom. The lowest BCUT2D eigenvalue weighted by Gasteiger charge is -1.97. The summed E-state index contributed by atoms with van der Waals surface area (Å²) in [5, 5.41) is 10.5. The van der Waals surface area contributed by atoms with Gasteiger partial charge in [-0.1, -0.05) is 12.2 Å². The summed E-state index contributed by atoms with van der Waals surface area (Å²) in [6.45, 7) is 0. The SMILES string of the molecule is COC(=O)C1=CC([N+](=O)[O-])=CCC=C1. The molecule has 0 unspecified atom stereocenters. The Kier molecular flexibility index (Phi) is 3.17. The van der Waals surface area contributed by atoms with Gasteiger partial charge in [-0.25, -0.2) is 4.79 Å². The lowest BCUT2D eigenvalue weighted by Crippen LogP contribution is -2.04. The smallest absolute Gasteiger partial charge is 0.338 e. The first-order chi connectivity index (χ1) is 6.65. The Labute approximate surface area is 80.5 Å². The van der Waals surface area contributed by atoms with Crippen LogP contribution in [0.15, 0.2) is 35.6 Å². The lowest BCUT2D eigenvalue weighted by molar-refractivity contribution is -0.419. The largest absolute Gasteiger partial charge is 0.465 e. The molecular formula is C9H9NO4. The number of methoxy groups -OCH3 is 1. The fourth-order valence-corrected chi connectivity index (χ4v) is 1.02. The number of carbonyl (C=O) groups excluding carboxylic acids is 1. The lowest BCUT2D eigenvalue weighted by atomic mass is 10.2. The van der Waals surface area contributed by atoms with Gasteiger partial charge in [-0.15, -0.1) is 0 Å². The summed E-state index contributed by atoms with van der Waals surface area (Å²) in [4.78, 5) is 21.0. The summed E-state index contributed by atoms with van der Waals surface area (Å²) in [5.41, 5.74) is 0.100. The molecule has 14 heavy (non-hydrogen) atoms. The summed E-state index contributed by atoms with van der Waals surface area (Å²) in [6.07, 6.45) is 6.26. The number of nitro groups is 1. The van der Waals surface area contributed by atoms with Crippen molar-refractivity contribution in [1.82, 2.24) is 0 Å². The van der Waals surface area contributed by atoms with Crippen LogP contribution in [0.5, 0.6) is 0 Å². The van der Waals surface area contributed by atoms with Crippen LogP contribution >= 0.6 is 0 Å². The summed E-state index contributed by atoms with van der Waals surface area (Å²) < 4.78 is 4.47. The van der Waals surface area contributed by atoms with Crippen LogP contribution in [-0.4, -0.2) is 18.0 Å². The molecule has 0 aliphatic heterocycles. The molecule has 1 rings (SSSR count). The van der Waals surface area contributed by atoms with Gasteiger partial charge in [0, 0.05) is 6.08 Å². The van der Waals surface area contributed by atoms with Crippen LogP contribution in [0.2, 0.25) is 0 Å². The molecule has 0 spiro atoms. The van der Waals surface area contributed by atoms with Crippen molar-refractivity contribution in [2.45, 2.75) is 6.42 Å². The highest BCUT2D eigenvalue weighted by Gasteiger charge is 2.14. The number of esters is 1. The number of carbonyl (C=O) groups is 1. The maximum absolute atomic E-state index is 11.1. The van der Waals surface area contributed by atoms with Crippen LogP contribution < -0.4 is 0 Å². The molecule has 0 bridgehead atoms. The van der Waals surface area contributed by atoms with E-state index in [1.165, 1.54) is 25.3 Å². The van der Waals surface area contributed by atoms with Gasteiger partial charge in [0.25, 0.3) is 5.70 Å². The van der Waals surface area contributed by atoms with Crippen LogP contribution in [0, 0.1) is 10.1 Å². The third-order valence-electron chi connectivity index (χ3n) is 1.70. The maximum atomic E-state index is 11.1. The van der Waals surface area contributed by atoms with E-state index in [0.717, 1.165) is 0 Å². The number of hydrogen-bond acceptors (Lipinski definition) is 4. The highest BCUT2D eigenvalue weighted by atomic mass is 16.6. The molecule has 74 valence electrons. The van der Waals surface area contributed by atoms with E-state index in [1.54, 1.807) is 6.08 Å². The Morgan fingerprint density at radius 1 is 1.64 bits per heavy atom. The zero-order chi connectivity index (χ0) is 10.6. The van der Waals surface area contributed by atoms with Crippen molar-refractivity contribution in [2.75, 3.05) is 7.11 Å². The Bertz CT molecular complexity index is 352. The van der Waals surface area contributed by atoms with Gasteiger partial charge in [0.15, 0.2) is 0 Å². The molecule has 0 fully saturated rings. The number of rotatable bonds is 2. The molecule has 0 saturated heterocycles. The van der Waals surface area contributed by atoms with E-state index < -0.39 is 10.9 Å². The second kappa shape index (κ2) is 4.36. The zero-order valence-corrected chi connectivity index (χ0v) is 7.60. The van der Waals surface area contributed by atoms with Crippen LogP contribution in [-0.2, 0) is 9.53 Å². The monoisotopic (exact) mass is 195 g/mol. The number of hydrogen-bond donors (Lipinski definition) is 0. The first kappa shape index (κ1) is 10.2. The van der Waals surface area contributed by atoms with Crippen LogP contribution in [0.25, 0.3) is 0 Å². The Hall–Kier alpha value is -1.91. The summed E-state index contributed by atoms with van der Waals surface area (Å²) in [5.74, 6) is -0.573. The van der Waals surface area contributed by atoms with Crippen LogP contribution in [0.4, 0.5) is 0 Å². The van der Waals surface area contributed by atoms with Gasteiger partial charge in [0.05, 0.1) is 17.6 Å². The minimum atomic E-state index is -0.573. The van der Waals surface area contributed by atoms with Gasteiger partial charge in [-0.05, 0) is 12.5 Å². The fourth-order valence-electron chi connectivity index (χ4n) is 1.02. The molecule has 0 radical (unpaired) electrons. The van der Waals surface area contributed by atoms with E-state index in [-0.39, 0.29) is 11.3 Å². The topological polar surface area (TPSA) is 69.4 Å². The maximum Gasteiger partial charge on any atom is 0.338 e. The van der Waals surface area contributed by atoms with Crippen molar-refractivity contribution < 1.29 is 14.5 Å². The van der Waals surface area contributed by atoms with E-state index in [0.29, 0.717) is 6.42 Å². The molecule has 0 aromatic heterocycles. The quantitative estimate of drug-likeness (QED) is 0.377. The molecule has 5 heteroatoms. The van der Waals surface area contributed by atoms with E-state index in [1.807, 2.05) is 0 Å². The molecule has 1 aliphatic carbocycles. The highest BCUT2D eigenvalue weighted by Crippen LogP contribution is 2.12. The zero-order valence-electron chi connectivity index (χ0n) is 7.60. The average Bonchev–Trinajstić information content (AvgIpc) is 2.41. The third kappa shape index (κ3) is 2.29. The molecule has 0 atom stereocenters.